The second-order valence-corrected chi connectivity index (χ2v) is 7.58. The lowest BCUT2D eigenvalue weighted by Crippen LogP contribution is -2.58. The SMILES string of the molecule is CC(NC(=O)C(CCCN=C(N)N)NC(=O)C(CC(N)=O)NC(=O)C(N)C(C)C)C(=O)O. The normalized spacial score (nSPS) is 14.4. The van der Waals surface area contributed by atoms with Crippen molar-refractivity contribution in [1.82, 2.24) is 16.0 Å². The standard InChI is InChI=1S/C18H34N8O6/c1-8(2)13(20)16(30)26-11(7-12(19)27)15(29)25-10(5-4-6-23-18(21)22)14(28)24-9(3)17(31)32/h8-11,13H,4-7,20H2,1-3H3,(H2,19,27)(H,24,28)(H,25,29)(H,26,30)(H,31,32)(H4,21,22,23). The molecule has 0 radical (unpaired) electrons. The fourth-order valence-electron chi connectivity index (χ4n) is 2.40. The maximum absolute atomic E-state index is 12.7. The van der Waals surface area contributed by atoms with Crippen molar-refractivity contribution in [3.05, 3.63) is 0 Å². The molecule has 0 saturated heterocycles. The number of guanidine groups is 1. The van der Waals surface area contributed by atoms with Crippen molar-refractivity contribution in [3.8, 4) is 0 Å². The average molecular weight is 459 g/mol. The number of carboxylic acid groups (broad SMARTS) is 1. The fourth-order valence-corrected chi connectivity index (χ4v) is 2.40. The van der Waals surface area contributed by atoms with E-state index in [1.165, 1.54) is 6.92 Å². The van der Waals surface area contributed by atoms with Gasteiger partial charge in [-0.2, -0.15) is 0 Å². The van der Waals surface area contributed by atoms with Crippen LogP contribution in [0, 0.1) is 5.92 Å². The molecule has 4 atom stereocenters. The summed E-state index contributed by atoms with van der Waals surface area (Å²) in [6.45, 7) is 4.81. The zero-order chi connectivity index (χ0) is 25.0. The highest BCUT2D eigenvalue weighted by Crippen LogP contribution is 2.04. The summed E-state index contributed by atoms with van der Waals surface area (Å²) < 4.78 is 0. The maximum Gasteiger partial charge on any atom is 0.325 e. The summed E-state index contributed by atoms with van der Waals surface area (Å²) in [6, 6.07) is -4.72. The molecular weight excluding hydrogens is 424 g/mol. The summed E-state index contributed by atoms with van der Waals surface area (Å²) >= 11 is 0. The van der Waals surface area contributed by atoms with Gasteiger partial charge in [-0.3, -0.25) is 29.0 Å². The average Bonchev–Trinajstić information content (AvgIpc) is 2.67. The predicted molar refractivity (Wildman–Crippen MR) is 116 cm³/mol. The van der Waals surface area contributed by atoms with Gasteiger partial charge in [0.05, 0.1) is 12.5 Å². The minimum absolute atomic E-state index is 0.0451. The van der Waals surface area contributed by atoms with Gasteiger partial charge >= 0.3 is 5.97 Å². The molecule has 0 saturated carbocycles. The van der Waals surface area contributed by atoms with Crippen molar-refractivity contribution in [3.63, 3.8) is 0 Å². The van der Waals surface area contributed by atoms with Gasteiger partial charge in [0, 0.05) is 6.54 Å². The van der Waals surface area contributed by atoms with Gasteiger partial charge in [-0.05, 0) is 25.7 Å². The van der Waals surface area contributed by atoms with Gasteiger partial charge in [0.15, 0.2) is 5.96 Å². The lowest BCUT2D eigenvalue weighted by atomic mass is 10.0. The molecule has 0 spiro atoms. The van der Waals surface area contributed by atoms with Gasteiger partial charge in [0.2, 0.25) is 23.6 Å². The molecule has 0 fully saturated rings. The first-order valence-corrected chi connectivity index (χ1v) is 9.99. The van der Waals surface area contributed by atoms with E-state index < -0.39 is 60.2 Å². The molecule has 0 heterocycles. The van der Waals surface area contributed by atoms with Gasteiger partial charge in [-0.25, -0.2) is 0 Å². The minimum atomic E-state index is -1.38. The van der Waals surface area contributed by atoms with E-state index in [0.29, 0.717) is 0 Å². The highest BCUT2D eigenvalue weighted by Gasteiger charge is 2.30. The molecule has 0 bridgehead atoms. The fraction of sp³-hybridized carbons (Fsp3) is 0.667. The molecule has 14 heteroatoms. The van der Waals surface area contributed by atoms with Crippen LogP contribution in [0.5, 0.6) is 0 Å². The molecule has 0 aliphatic carbocycles. The van der Waals surface area contributed by atoms with Crippen molar-refractivity contribution in [2.75, 3.05) is 6.54 Å². The van der Waals surface area contributed by atoms with Gasteiger partial charge < -0.3 is 44.0 Å². The Kier molecular flexibility index (Phi) is 12.3. The Balaban J connectivity index is 5.46. The van der Waals surface area contributed by atoms with Crippen molar-refractivity contribution >= 4 is 35.6 Å². The van der Waals surface area contributed by atoms with Crippen LogP contribution in [-0.2, 0) is 24.0 Å². The van der Waals surface area contributed by atoms with Crippen molar-refractivity contribution in [1.29, 1.82) is 0 Å². The number of carbonyl (C=O) groups is 5. The van der Waals surface area contributed by atoms with E-state index in [0.717, 1.165) is 0 Å². The second kappa shape index (κ2) is 13.8. The van der Waals surface area contributed by atoms with Gasteiger partial charge in [0.25, 0.3) is 0 Å². The Hall–Kier alpha value is -3.42. The van der Waals surface area contributed by atoms with E-state index in [1.807, 2.05) is 0 Å². The molecule has 0 aliphatic heterocycles. The second-order valence-electron chi connectivity index (χ2n) is 7.58. The molecule has 4 amide bonds. The van der Waals surface area contributed by atoms with Crippen LogP contribution < -0.4 is 38.9 Å². The van der Waals surface area contributed by atoms with Crippen LogP contribution in [0.3, 0.4) is 0 Å². The van der Waals surface area contributed by atoms with Gasteiger partial charge in [-0.15, -0.1) is 0 Å². The van der Waals surface area contributed by atoms with E-state index >= 15 is 0 Å². The Morgan fingerprint density at radius 3 is 1.88 bits per heavy atom. The van der Waals surface area contributed by atoms with Crippen LogP contribution in [0.4, 0.5) is 0 Å². The number of primary amides is 1. The number of hydrogen-bond donors (Lipinski definition) is 8. The van der Waals surface area contributed by atoms with Crippen LogP contribution in [0.15, 0.2) is 4.99 Å². The highest BCUT2D eigenvalue weighted by atomic mass is 16.4. The Morgan fingerprint density at radius 1 is 0.875 bits per heavy atom. The zero-order valence-corrected chi connectivity index (χ0v) is 18.5. The number of hydrogen-bond acceptors (Lipinski definition) is 7. The molecule has 32 heavy (non-hydrogen) atoms. The van der Waals surface area contributed by atoms with E-state index in [1.54, 1.807) is 13.8 Å². The van der Waals surface area contributed by atoms with Crippen molar-refractivity contribution < 1.29 is 29.1 Å². The molecular formula is C18H34N8O6. The lowest BCUT2D eigenvalue weighted by molar-refractivity contribution is -0.142. The Labute approximate surface area is 185 Å². The molecule has 0 rings (SSSR count). The van der Waals surface area contributed by atoms with Crippen LogP contribution >= 0.6 is 0 Å². The molecule has 14 nitrogen and oxygen atoms in total. The summed E-state index contributed by atoms with van der Waals surface area (Å²) in [7, 11) is 0. The third-order valence-electron chi connectivity index (χ3n) is 4.37. The molecule has 182 valence electrons. The molecule has 4 unspecified atom stereocenters. The van der Waals surface area contributed by atoms with Crippen molar-refractivity contribution in [2.45, 2.75) is 64.2 Å². The van der Waals surface area contributed by atoms with Gasteiger partial charge in [0.1, 0.15) is 18.1 Å². The van der Waals surface area contributed by atoms with E-state index in [2.05, 4.69) is 20.9 Å². The van der Waals surface area contributed by atoms with E-state index in [-0.39, 0.29) is 31.3 Å². The van der Waals surface area contributed by atoms with Gasteiger partial charge in [-0.1, -0.05) is 13.8 Å². The van der Waals surface area contributed by atoms with Crippen LogP contribution in [0.25, 0.3) is 0 Å². The topological polar surface area (TPSA) is 258 Å². The third kappa shape index (κ3) is 11.1. The van der Waals surface area contributed by atoms with Crippen LogP contribution in [0.2, 0.25) is 0 Å². The first-order chi connectivity index (χ1) is 14.8. The number of nitrogens with zero attached hydrogens (tertiary/aromatic N) is 1. The molecule has 0 aliphatic rings. The Morgan fingerprint density at radius 2 is 1.41 bits per heavy atom. The first-order valence-electron chi connectivity index (χ1n) is 9.99. The predicted octanol–water partition coefficient (Wildman–Crippen LogP) is -3.54. The van der Waals surface area contributed by atoms with Crippen LogP contribution in [0.1, 0.15) is 40.0 Å². The number of aliphatic imine (C=N–C) groups is 1. The van der Waals surface area contributed by atoms with E-state index in [4.69, 9.17) is 28.0 Å². The summed E-state index contributed by atoms with van der Waals surface area (Å²) in [5.41, 5.74) is 21.4. The lowest BCUT2D eigenvalue weighted by Gasteiger charge is -2.24. The maximum atomic E-state index is 12.7. The monoisotopic (exact) mass is 458 g/mol. The van der Waals surface area contributed by atoms with Crippen LogP contribution in [-0.4, -0.2) is 71.4 Å². The smallest absolute Gasteiger partial charge is 0.325 e. The number of rotatable bonds is 14. The number of nitrogens with one attached hydrogen (secondary N) is 3. The molecule has 12 N–H and O–H groups in total. The minimum Gasteiger partial charge on any atom is -0.480 e. The third-order valence-corrected chi connectivity index (χ3v) is 4.37. The number of nitrogens with two attached hydrogens (primary N) is 4. The highest BCUT2D eigenvalue weighted by molar-refractivity contribution is 5.96. The number of carboxylic acids is 1. The molecule has 0 aromatic rings. The quantitative estimate of drug-likeness (QED) is 0.0726. The summed E-state index contributed by atoms with van der Waals surface area (Å²) in [5, 5.41) is 16.0. The number of carbonyl (C=O) groups excluding carboxylic acids is 4. The van der Waals surface area contributed by atoms with E-state index in [9.17, 15) is 24.0 Å². The summed E-state index contributed by atoms with van der Waals surface area (Å²) in [5.74, 6) is -4.84. The summed E-state index contributed by atoms with van der Waals surface area (Å²) in [4.78, 5) is 63.7. The summed E-state index contributed by atoms with van der Waals surface area (Å²) in [6.07, 6.45) is -0.220. The zero-order valence-electron chi connectivity index (χ0n) is 18.5. The number of amides is 4. The van der Waals surface area contributed by atoms with Crippen molar-refractivity contribution in [2.24, 2.45) is 33.8 Å². The largest absolute Gasteiger partial charge is 0.480 e. The molecule has 0 aromatic heterocycles. The number of aliphatic carboxylic acids is 1. The molecule has 0 aromatic carbocycles. The first kappa shape index (κ1) is 28.6. The Bertz CT molecular complexity index is 722.